The maximum atomic E-state index is 11.1. The molecule has 0 aliphatic rings. The van der Waals surface area contributed by atoms with Crippen molar-refractivity contribution in [2.24, 2.45) is 5.92 Å². The number of ether oxygens (including phenoxy) is 1. The zero-order valence-corrected chi connectivity index (χ0v) is 8.15. The third-order valence-corrected chi connectivity index (χ3v) is 1.51. The van der Waals surface area contributed by atoms with Crippen molar-refractivity contribution in [3.63, 3.8) is 0 Å². The van der Waals surface area contributed by atoms with Gasteiger partial charge in [0.1, 0.15) is 0 Å². The van der Waals surface area contributed by atoms with Crippen LogP contribution in [0.2, 0.25) is 0 Å². The summed E-state index contributed by atoms with van der Waals surface area (Å²) >= 11 is 0. The normalized spacial score (nSPS) is 12.6. The Labute approximate surface area is 77.2 Å². The second-order valence-corrected chi connectivity index (χ2v) is 3.18. The average molecular weight is 189 g/mol. The van der Waals surface area contributed by atoms with E-state index >= 15 is 0 Å². The number of rotatable bonds is 5. The fourth-order valence-corrected chi connectivity index (χ4v) is 0.953. The molecule has 0 radical (unpaired) electrons. The Bertz CT molecular complexity index is 191. The fourth-order valence-electron chi connectivity index (χ4n) is 0.953. The molecule has 13 heavy (non-hydrogen) atoms. The molecular weight excluding hydrogens is 174 g/mol. The molecule has 0 heterocycles. The number of carbonyl (C=O) groups excluding carboxylic acids is 1. The van der Waals surface area contributed by atoms with Gasteiger partial charge in [0.2, 0.25) is 0 Å². The van der Waals surface area contributed by atoms with E-state index in [1.807, 2.05) is 13.8 Å². The highest BCUT2D eigenvalue weighted by molar-refractivity contribution is 5.74. The van der Waals surface area contributed by atoms with Crippen molar-refractivity contribution in [1.82, 2.24) is 0 Å². The largest absolute Gasteiger partial charge is 0.461 e. The van der Waals surface area contributed by atoms with Gasteiger partial charge in [0, 0.05) is 11.3 Å². The molecule has 0 saturated carbocycles. The predicted octanol–water partition coefficient (Wildman–Crippen LogP) is 1.24. The van der Waals surface area contributed by atoms with Gasteiger partial charge < -0.3 is 4.74 Å². The zero-order chi connectivity index (χ0) is 10.4. The van der Waals surface area contributed by atoms with Crippen LogP contribution in [0.1, 0.15) is 27.2 Å². The van der Waals surface area contributed by atoms with Crippen molar-refractivity contribution >= 4 is 5.97 Å². The molecule has 5 nitrogen and oxygen atoms in total. The van der Waals surface area contributed by atoms with Crippen LogP contribution in [0, 0.1) is 16.0 Å². The average Bonchev–Trinajstić information content (AvgIpc) is 1.99. The van der Waals surface area contributed by atoms with Crippen LogP contribution < -0.4 is 0 Å². The Kier molecular flexibility index (Phi) is 5.03. The molecule has 0 fully saturated rings. The van der Waals surface area contributed by atoms with Crippen LogP contribution in [-0.2, 0) is 9.53 Å². The van der Waals surface area contributed by atoms with Gasteiger partial charge in [-0.1, -0.05) is 13.8 Å². The summed E-state index contributed by atoms with van der Waals surface area (Å²) in [5.41, 5.74) is 0. The Morgan fingerprint density at radius 2 is 2.08 bits per heavy atom. The van der Waals surface area contributed by atoms with E-state index in [-0.39, 0.29) is 18.9 Å². The van der Waals surface area contributed by atoms with Crippen molar-refractivity contribution in [2.45, 2.75) is 33.2 Å². The number of nitrogens with zero attached hydrogens (tertiary/aromatic N) is 1. The molecule has 0 aromatic carbocycles. The standard InChI is InChI=1S/C8H15NO4/c1-4-13-8(10)7(9(11)12)5-6(2)3/h6-7H,4-5H2,1-3H3/t7-/m0/s1. The van der Waals surface area contributed by atoms with Crippen LogP contribution in [-0.4, -0.2) is 23.5 Å². The highest BCUT2D eigenvalue weighted by Crippen LogP contribution is 2.09. The Morgan fingerprint density at radius 3 is 2.38 bits per heavy atom. The van der Waals surface area contributed by atoms with Crippen molar-refractivity contribution in [3.8, 4) is 0 Å². The minimum Gasteiger partial charge on any atom is -0.461 e. The number of nitro groups is 1. The number of carbonyl (C=O) groups is 1. The maximum absolute atomic E-state index is 11.1. The minimum absolute atomic E-state index is 0.111. The van der Waals surface area contributed by atoms with Crippen LogP contribution >= 0.6 is 0 Å². The monoisotopic (exact) mass is 189 g/mol. The zero-order valence-electron chi connectivity index (χ0n) is 8.15. The predicted molar refractivity (Wildman–Crippen MR) is 46.9 cm³/mol. The van der Waals surface area contributed by atoms with Gasteiger partial charge in [0.15, 0.2) is 0 Å². The highest BCUT2D eigenvalue weighted by atomic mass is 16.6. The summed E-state index contributed by atoms with van der Waals surface area (Å²) < 4.78 is 4.59. The highest BCUT2D eigenvalue weighted by Gasteiger charge is 2.31. The summed E-state index contributed by atoms with van der Waals surface area (Å²) in [5, 5.41) is 10.5. The van der Waals surface area contributed by atoms with E-state index in [4.69, 9.17) is 0 Å². The van der Waals surface area contributed by atoms with Crippen molar-refractivity contribution < 1.29 is 14.5 Å². The molecule has 0 unspecified atom stereocenters. The first kappa shape index (κ1) is 11.9. The number of hydrogen-bond acceptors (Lipinski definition) is 4. The minimum atomic E-state index is -1.21. The van der Waals surface area contributed by atoms with Gasteiger partial charge in [-0.15, -0.1) is 0 Å². The first-order valence-corrected chi connectivity index (χ1v) is 4.29. The van der Waals surface area contributed by atoms with Crippen LogP contribution in [0.3, 0.4) is 0 Å². The first-order chi connectivity index (χ1) is 5.99. The Balaban J connectivity index is 4.24. The molecule has 0 aliphatic carbocycles. The summed E-state index contributed by atoms with van der Waals surface area (Å²) in [6.45, 7) is 5.47. The van der Waals surface area contributed by atoms with Gasteiger partial charge >= 0.3 is 12.0 Å². The summed E-state index contributed by atoms with van der Waals surface area (Å²) in [4.78, 5) is 20.9. The molecule has 1 atom stereocenters. The third-order valence-electron chi connectivity index (χ3n) is 1.51. The SMILES string of the molecule is CCOC(=O)[C@H](CC(C)C)[N+](=O)[O-]. The molecule has 76 valence electrons. The third kappa shape index (κ3) is 4.45. The summed E-state index contributed by atoms with van der Waals surface area (Å²) in [7, 11) is 0. The topological polar surface area (TPSA) is 69.4 Å². The number of esters is 1. The number of hydrogen-bond donors (Lipinski definition) is 0. The summed E-state index contributed by atoms with van der Waals surface area (Å²) in [5.74, 6) is -0.624. The van der Waals surface area contributed by atoms with Gasteiger partial charge in [-0.2, -0.15) is 0 Å². The quantitative estimate of drug-likeness (QED) is 0.370. The van der Waals surface area contributed by atoms with Gasteiger partial charge in [0.05, 0.1) is 6.61 Å². The van der Waals surface area contributed by atoms with E-state index in [0.717, 1.165) is 0 Å². The summed E-state index contributed by atoms with van der Waals surface area (Å²) in [6, 6.07) is -1.21. The van der Waals surface area contributed by atoms with Crippen molar-refractivity contribution in [3.05, 3.63) is 10.1 Å². The van der Waals surface area contributed by atoms with E-state index in [1.165, 1.54) is 0 Å². The molecule has 0 spiro atoms. The second-order valence-electron chi connectivity index (χ2n) is 3.18. The lowest BCUT2D eigenvalue weighted by Crippen LogP contribution is -2.32. The first-order valence-electron chi connectivity index (χ1n) is 4.29. The molecule has 5 heteroatoms. The van der Waals surface area contributed by atoms with Crippen molar-refractivity contribution in [2.75, 3.05) is 6.61 Å². The molecule has 0 aliphatic heterocycles. The molecule has 0 aromatic rings. The molecule has 0 saturated heterocycles. The lowest BCUT2D eigenvalue weighted by molar-refractivity contribution is -0.512. The van der Waals surface area contributed by atoms with E-state index < -0.39 is 16.9 Å². The van der Waals surface area contributed by atoms with E-state index in [2.05, 4.69) is 4.74 Å². The fraction of sp³-hybridized carbons (Fsp3) is 0.875. The van der Waals surface area contributed by atoms with Gasteiger partial charge in [-0.25, -0.2) is 4.79 Å². The molecule has 0 bridgehead atoms. The summed E-state index contributed by atoms with van der Waals surface area (Å²) in [6.07, 6.45) is 0.228. The van der Waals surface area contributed by atoms with Crippen LogP contribution in [0.5, 0.6) is 0 Å². The lowest BCUT2D eigenvalue weighted by Gasteiger charge is -2.09. The van der Waals surface area contributed by atoms with Crippen LogP contribution in [0.25, 0.3) is 0 Å². The van der Waals surface area contributed by atoms with Crippen LogP contribution in [0.15, 0.2) is 0 Å². The van der Waals surface area contributed by atoms with E-state index in [9.17, 15) is 14.9 Å². The second kappa shape index (κ2) is 5.50. The molecule has 0 aromatic heterocycles. The molecule has 0 amide bonds. The maximum Gasteiger partial charge on any atom is 0.381 e. The Hall–Kier alpha value is -1.13. The smallest absolute Gasteiger partial charge is 0.381 e. The van der Waals surface area contributed by atoms with Gasteiger partial charge in [-0.05, 0) is 12.8 Å². The Morgan fingerprint density at radius 1 is 1.54 bits per heavy atom. The lowest BCUT2D eigenvalue weighted by atomic mass is 10.0. The van der Waals surface area contributed by atoms with Crippen molar-refractivity contribution in [1.29, 1.82) is 0 Å². The van der Waals surface area contributed by atoms with Gasteiger partial charge in [-0.3, -0.25) is 10.1 Å². The van der Waals surface area contributed by atoms with E-state index in [1.54, 1.807) is 6.92 Å². The molecular formula is C8H15NO4. The van der Waals surface area contributed by atoms with Crippen LogP contribution in [0.4, 0.5) is 0 Å². The van der Waals surface area contributed by atoms with Gasteiger partial charge in [0.25, 0.3) is 0 Å². The molecule has 0 rings (SSSR count). The van der Waals surface area contributed by atoms with E-state index in [0.29, 0.717) is 0 Å². The molecule has 0 N–H and O–H groups in total.